The third-order valence-electron chi connectivity index (χ3n) is 3.63. The Labute approximate surface area is 132 Å². The van der Waals surface area contributed by atoms with Crippen molar-refractivity contribution in [2.75, 3.05) is 5.32 Å². The minimum atomic E-state index is -0.431. The molecule has 0 bridgehead atoms. The minimum absolute atomic E-state index is 0.0206. The van der Waals surface area contributed by atoms with Gasteiger partial charge in [0.15, 0.2) is 0 Å². The monoisotopic (exact) mass is 309 g/mol. The summed E-state index contributed by atoms with van der Waals surface area (Å²) in [7, 11) is 0. The molecule has 7 nitrogen and oxygen atoms in total. The summed E-state index contributed by atoms with van der Waals surface area (Å²) < 4.78 is 1.80. The molecular weight excluding hydrogens is 294 g/mol. The van der Waals surface area contributed by atoms with Gasteiger partial charge in [-0.25, -0.2) is 0 Å². The van der Waals surface area contributed by atoms with Crippen LogP contribution >= 0.6 is 0 Å². The van der Waals surface area contributed by atoms with E-state index in [1.807, 2.05) is 32.0 Å². The van der Waals surface area contributed by atoms with Crippen molar-refractivity contribution in [3.63, 3.8) is 0 Å². The van der Waals surface area contributed by atoms with Gasteiger partial charge in [-0.15, -0.1) is 10.2 Å². The van der Waals surface area contributed by atoms with Crippen LogP contribution < -0.4 is 5.32 Å². The van der Waals surface area contributed by atoms with E-state index in [-0.39, 0.29) is 5.69 Å². The van der Waals surface area contributed by atoms with Gasteiger partial charge >= 0.3 is 0 Å². The van der Waals surface area contributed by atoms with Gasteiger partial charge in [0.2, 0.25) is 5.95 Å². The number of non-ortho nitro benzene ring substituents is 1. The molecule has 0 unspecified atom stereocenters. The molecular formula is C16H15N5O2. The molecule has 1 aromatic heterocycles. The summed E-state index contributed by atoms with van der Waals surface area (Å²) in [5, 5.41) is 21.9. The lowest BCUT2D eigenvalue weighted by atomic mass is 10.1. The molecule has 0 spiro atoms. The molecule has 3 aromatic rings. The van der Waals surface area contributed by atoms with E-state index >= 15 is 0 Å². The van der Waals surface area contributed by atoms with Gasteiger partial charge in [0, 0.05) is 17.8 Å². The van der Waals surface area contributed by atoms with Gasteiger partial charge in [0.25, 0.3) is 5.69 Å². The maximum atomic E-state index is 10.9. The van der Waals surface area contributed by atoms with E-state index in [9.17, 15) is 10.1 Å². The predicted octanol–water partition coefficient (Wildman–Crippen LogP) is 3.54. The molecule has 116 valence electrons. The van der Waals surface area contributed by atoms with Crippen molar-refractivity contribution in [2.24, 2.45) is 0 Å². The van der Waals surface area contributed by atoms with Gasteiger partial charge in [0.1, 0.15) is 6.33 Å². The number of nitro benzene ring substituents is 1. The highest BCUT2D eigenvalue weighted by atomic mass is 16.6. The number of hydrogen-bond acceptors (Lipinski definition) is 5. The fourth-order valence-corrected chi connectivity index (χ4v) is 2.21. The zero-order valence-corrected chi connectivity index (χ0v) is 12.7. The highest BCUT2D eigenvalue weighted by Crippen LogP contribution is 2.22. The third kappa shape index (κ3) is 3.03. The van der Waals surface area contributed by atoms with Crippen LogP contribution in [0.1, 0.15) is 11.1 Å². The quantitative estimate of drug-likeness (QED) is 0.588. The molecule has 7 heteroatoms. The number of benzene rings is 2. The lowest BCUT2D eigenvalue weighted by molar-refractivity contribution is -0.384. The Morgan fingerprint density at radius 1 is 1.13 bits per heavy atom. The first-order chi connectivity index (χ1) is 11.0. The Hall–Kier alpha value is -3.22. The van der Waals surface area contributed by atoms with Crippen molar-refractivity contribution in [1.82, 2.24) is 14.8 Å². The number of hydrogen-bond donors (Lipinski definition) is 1. The minimum Gasteiger partial charge on any atom is -0.324 e. The van der Waals surface area contributed by atoms with Crippen molar-refractivity contribution < 1.29 is 4.92 Å². The standard InChI is InChI=1S/C16H15N5O2/c1-11-6-7-14(8-12(11)2)20-10-17-19-16(20)18-13-4-3-5-15(9-13)21(22)23/h3-10H,1-2H3,(H,18,19). The molecule has 3 rings (SSSR count). The van der Waals surface area contributed by atoms with Crippen LogP contribution in [-0.4, -0.2) is 19.7 Å². The number of nitro groups is 1. The highest BCUT2D eigenvalue weighted by molar-refractivity contribution is 5.59. The van der Waals surface area contributed by atoms with Crippen LogP contribution in [0.4, 0.5) is 17.3 Å². The molecule has 2 aromatic carbocycles. The first-order valence-electron chi connectivity index (χ1n) is 7.04. The topological polar surface area (TPSA) is 85.9 Å². The molecule has 1 N–H and O–H groups in total. The molecule has 1 heterocycles. The smallest absolute Gasteiger partial charge is 0.271 e. The maximum Gasteiger partial charge on any atom is 0.271 e. The lowest BCUT2D eigenvalue weighted by Gasteiger charge is -2.10. The van der Waals surface area contributed by atoms with Crippen LogP contribution in [-0.2, 0) is 0 Å². The van der Waals surface area contributed by atoms with Crippen molar-refractivity contribution in [1.29, 1.82) is 0 Å². The summed E-state index contributed by atoms with van der Waals surface area (Å²) in [6.07, 6.45) is 1.60. The Bertz CT molecular complexity index is 872. The second-order valence-electron chi connectivity index (χ2n) is 5.23. The van der Waals surface area contributed by atoms with E-state index in [1.165, 1.54) is 17.7 Å². The molecule has 0 amide bonds. The molecule has 0 aliphatic carbocycles. The van der Waals surface area contributed by atoms with E-state index in [2.05, 4.69) is 15.5 Å². The fourth-order valence-electron chi connectivity index (χ4n) is 2.21. The van der Waals surface area contributed by atoms with Gasteiger partial charge < -0.3 is 5.32 Å². The number of aromatic nitrogens is 3. The lowest BCUT2D eigenvalue weighted by Crippen LogP contribution is -2.02. The van der Waals surface area contributed by atoms with Crippen molar-refractivity contribution in [3.05, 3.63) is 70.0 Å². The number of aryl methyl sites for hydroxylation is 2. The van der Waals surface area contributed by atoms with Gasteiger partial charge in [-0.05, 0) is 43.2 Å². The Kier molecular flexibility index (Phi) is 3.76. The second kappa shape index (κ2) is 5.88. The van der Waals surface area contributed by atoms with Crippen LogP contribution in [0.3, 0.4) is 0 Å². The Balaban J connectivity index is 1.93. The van der Waals surface area contributed by atoms with Crippen LogP contribution in [0.2, 0.25) is 0 Å². The van der Waals surface area contributed by atoms with E-state index in [0.717, 1.165) is 11.3 Å². The largest absolute Gasteiger partial charge is 0.324 e. The van der Waals surface area contributed by atoms with Crippen LogP contribution in [0, 0.1) is 24.0 Å². The molecule has 0 saturated carbocycles. The first kappa shape index (κ1) is 14.7. The summed E-state index contributed by atoms with van der Waals surface area (Å²) in [6, 6.07) is 12.3. The fraction of sp³-hybridized carbons (Fsp3) is 0.125. The number of rotatable bonds is 4. The molecule has 0 aliphatic heterocycles. The average Bonchev–Trinajstić information content (AvgIpc) is 2.98. The summed E-state index contributed by atoms with van der Waals surface area (Å²) >= 11 is 0. The van der Waals surface area contributed by atoms with Crippen molar-refractivity contribution in [2.45, 2.75) is 13.8 Å². The highest BCUT2D eigenvalue weighted by Gasteiger charge is 2.10. The van der Waals surface area contributed by atoms with Crippen molar-refractivity contribution in [3.8, 4) is 5.69 Å². The molecule has 0 fully saturated rings. The zero-order valence-electron chi connectivity index (χ0n) is 12.7. The molecule has 0 atom stereocenters. The van der Waals surface area contributed by atoms with Gasteiger partial charge in [0.05, 0.1) is 10.6 Å². The first-order valence-corrected chi connectivity index (χ1v) is 7.04. The number of nitrogens with zero attached hydrogens (tertiary/aromatic N) is 4. The maximum absolute atomic E-state index is 10.9. The zero-order chi connectivity index (χ0) is 16.4. The van der Waals surface area contributed by atoms with Gasteiger partial charge in [-0.1, -0.05) is 12.1 Å². The SMILES string of the molecule is Cc1ccc(-n2cnnc2Nc2cccc([N+](=O)[O-])c2)cc1C. The van der Waals surface area contributed by atoms with Gasteiger partial charge in [-0.3, -0.25) is 14.7 Å². The van der Waals surface area contributed by atoms with Crippen molar-refractivity contribution >= 4 is 17.3 Å². The Morgan fingerprint density at radius 2 is 1.96 bits per heavy atom. The average molecular weight is 309 g/mol. The van der Waals surface area contributed by atoms with Gasteiger partial charge in [-0.2, -0.15) is 0 Å². The summed E-state index contributed by atoms with van der Waals surface area (Å²) in [5.74, 6) is 0.494. The second-order valence-corrected chi connectivity index (χ2v) is 5.23. The normalized spacial score (nSPS) is 10.5. The van der Waals surface area contributed by atoms with Crippen LogP contribution in [0.25, 0.3) is 5.69 Å². The third-order valence-corrected chi connectivity index (χ3v) is 3.63. The van der Waals surface area contributed by atoms with E-state index < -0.39 is 4.92 Å². The van der Waals surface area contributed by atoms with E-state index in [0.29, 0.717) is 11.6 Å². The number of nitrogens with one attached hydrogen (secondary N) is 1. The van der Waals surface area contributed by atoms with E-state index in [1.54, 1.807) is 23.0 Å². The number of anilines is 2. The summed E-state index contributed by atoms with van der Waals surface area (Å²) in [6.45, 7) is 4.09. The van der Waals surface area contributed by atoms with E-state index in [4.69, 9.17) is 0 Å². The van der Waals surface area contributed by atoms with Crippen LogP contribution in [0.15, 0.2) is 48.8 Å². The molecule has 23 heavy (non-hydrogen) atoms. The molecule has 0 radical (unpaired) electrons. The summed E-state index contributed by atoms with van der Waals surface area (Å²) in [4.78, 5) is 10.4. The summed E-state index contributed by atoms with van der Waals surface area (Å²) in [5.41, 5.74) is 3.89. The molecule has 0 saturated heterocycles. The van der Waals surface area contributed by atoms with Crippen LogP contribution in [0.5, 0.6) is 0 Å². The Morgan fingerprint density at radius 3 is 2.70 bits per heavy atom. The predicted molar refractivity (Wildman–Crippen MR) is 87.2 cm³/mol. The molecule has 0 aliphatic rings.